The second kappa shape index (κ2) is 20.0. The van der Waals surface area contributed by atoms with Crippen LogP contribution < -0.4 is 14.7 Å². The molecule has 0 aliphatic rings. The van der Waals surface area contributed by atoms with Crippen LogP contribution in [0.3, 0.4) is 0 Å². The van der Waals surface area contributed by atoms with Gasteiger partial charge in [0.25, 0.3) is 0 Å². The number of aliphatic imine (C=N–C) groups is 1. The molecule has 6 aromatic rings. The maximum Gasteiger partial charge on any atom is 0.167 e. The highest BCUT2D eigenvalue weighted by molar-refractivity contribution is 8.13. The van der Waals surface area contributed by atoms with E-state index in [0.717, 1.165) is 45.0 Å². The van der Waals surface area contributed by atoms with E-state index in [2.05, 4.69) is 191 Å². The van der Waals surface area contributed by atoms with E-state index in [1.165, 1.54) is 5.56 Å². The molecule has 260 valence electrons. The molecule has 0 spiro atoms. The maximum absolute atomic E-state index is 4.81. The Morgan fingerprint density at radius 3 is 1.42 bits per heavy atom. The average molecular weight is 699 g/mol. The van der Waals surface area contributed by atoms with Crippen molar-refractivity contribution in [2.45, 2.75) is 19.6 Å². The minimum absolute atomic E-state index is 0.670. The quantitative estimate of drug-likeness (QED) is 0.0720. The molecule has 0 saturated carbocycles. The molecule has 0 heterocycles. The molecule has 0 amide bonds. The second-order valence-electron chi connectivity index (χ2n) is 11.3. The summed E-state index contributed by atoms with van der Waals surface area (Å²) in [5.74, 6) is 0.670. The first-order valence-electron chi connectivity index (χ1n) is 17.6. The number of anilines is 7. The van der Waals surface area contributed by atoms with Crippen molar-refractivity contribution in [3.8, 4) is 0 Å². The summed E-state index contributed by atoms with van der Waals surface area (Å²) in [6.45, 7) is 7.80. The lowest BCUT2D eigenvalue weighted by atomic mass is 10.1. The molecule has 0 radical (unpaired) electrons. The van der Waals surface area contributed by atoms with Crippen molar-refractivity contribution in [1.82, 2.24) is 0 Å². The van der Waals surface area contributed by atoms with Gasteiger partial charge in [-0.1, -0.05) is 141 Å². The van der Waals surface area contributed by atoms with E-state index < -0.39 is 0 Å². The molecule has 0 unspecified atom stereocenters. The summed E-state index contributed by atoms with van der Waals surface area (Å²) in [7, 11) is 1.86. The zero-order valence-electron chi connectivity index (χ0n) is 30.2. The summed E-state index contributed by atoms with van der Waals surface area (Å²) in [5, 5.41) is 0.879. The van der Waals surface area contributed by atoms with E-state index in [-0.39, 0.29) is 0 Å². The van der Waals surface area contributed by atoms with Crippen LogP contribution in [0.15, 0.2) is 212 Å². The lowest BCUT2D eigenvalue weighted by Crippen LogP contribution is -2.23. The summed E-state index contributed by atoms with van der Waals surface area (Å²) in [6.07, 6.45) is 9.72. The minimum Gasteiger partial charge on any atom is -0.310 e. The van der Waals surface area contributed by atoms with Crippen molar-refractivity contribution < 1.29 is 0 Å². The number of amidine groups is 1. The SMILES string of the molecule is C=C/C=C\C=C\N(C(=NC)SCc1cc(N(c2ccccc2)c2ccccc2)ccc1N(c1ccccc1)c1ccccc1)c1ccccc1.CC. The number of rotatable bonds is 12. The fraction of sp³-hybridized carbons (Fsp3) is 0.0851. The van der Waals surface area contributed by atoms with E-state index in [4.69, 9.17) is 4.99 Å². The number of allylic oxidation sites excluding steroid dienone is 4. The first kappa shape index (κ1) is 37.2. The largest absolute Gasteiger partial charge is 0.310 e. The molecule has 0 saturated heterocycles. The van der Waals surface area contributed by atoms with E-state index in [9.17, 15) is 0 Å². The van der Waals surface area contributed by atoms with Gasteiger partial charge in [-0.25, -0.2) is 0 Å². The molecule has 0 bridgehead atoms. The van der Waals surface area contributed by atoms with E-state index in [1.807, 2.05) is 45.2 Å². The highest BCUT2D eigenvalue weighted by atomic mass is 32.2. The summed E-state index contributed by atoms with van der Waals surface area (Å²) in [5.41, 5.74) is 8.75. The molecular weight excluding hydrogens is 653 g/mol. The van der Waals surface area contributed by atoms with Crippen LogP contribution >= 0.6 is 11.8 Å². The van der Waals surface area contributed by atoms with E-state index in [0.29, 0.717) is 5.75 Å². The highest BCUT2D eigenvalue weighted by Gasteiger charge is 2.21. The monoisotopic (exact) mass is 698 g/mol. The number of hydrogen-bond acceptors (Lipinski definition) is 4. The molecule has 5 heteroatoms. The Balaban J connectivity index is 0.00000257. The normalized spacial score (nSPS) is 11.2. The number of benzene rings is 6. The van der Waals surface area contributed by atoms with Crippen LogP contribution in [0.25, 0.3) is 0 Å². The number of hydrogen-bond donors (Lipinski definition) is 0. The van der Waals surface area contributed by atoms with Crippen molar-refractivity contribution in [2.75, 3.05) is 21.7 Å². The smallest absolute Gasteiger partial charge is 0.167 e. The Kier molecular flexibility index (Phi) is 14.3. The van der Waals surface area contributed by atoms with Gasteiger partial charge in [0.15, 0.2) is 5.17 Å². The van der Waals surface area contributed by atoms with Crippen molar-refractivity contribution in [3.63, 3.8) is 0 Å². The Bertz CT molecular complexity index is 1950. The third-order valence-corrected chi connectivity index (χ3v) is 9.09. The van der Waals surface area contributed by atoms with Crippen LogP contribution in [0.4, 0.5) is 39.8 Å². The third-order valence-electron chi connectivity index (χ3n) is 8.00. The summed E-state index contributed by atoms with van der Waals surface area (Å²) < 4.78 is 0. The molecule has 0 aliphatic heterocycles. The number of thioether (sulfide) groups is 1. The van der Waals surface area contributed by atoms with Gasteiger partial charge in [0.05, 0.1) is 5.69 Å². The van der Waals surface area contributed by atoms with Gasteiger partial charge >= 0.3 is 0 Å². The molecule has 6 aromatic carbocycles. The fourth-order valence-corrected chi connectivity index (χ4v) is 6.69. The van der Waals surface area contributed by atoms with Crippen LogP contribution in [0.2, 0.25) is 0 Å². The third kappa shape index (κ3) is 9.59. The van der Waals surface area contributed by atoms with Crippen LogP contribution in [-0.2, 0) is 5.75 Å². The number of para-hydroxylation sites is 5. The average Bonchev–Trinajstić information content (AvgIpc) is 3.22. The van der Waals surface area contributed by atoms with Gasteiger partial charge in [0, 0.05) is 53.1 Å². The standard InChI is InChI=1S/C45H40N4S.C2H6/c1-3-4-5-21-34-47(38-22-11-6-12-23-38)45(46-2)50-36-37-35-43(48(39-24-13-7-14-25-39)40-26-15-8-16-27-40)32-33-44(37)49(41-28-17-9-18-29-41)42-30-19-10-20-31-42;1-2/h3-35H,1,36H2,2H3;1-2H3/b5-4-,34-21+,46-45?;. The van der Waals surface area contributed by atoms with Gasteiger partial charge in [-0.3, -0.25) is 9.89 Å². The summed E-state index contributed by atoms with van der Waals surface area (Å²) >= 11 is 1.71. The second-order valence-corrected chi connectivity index (χ2v) is 12.2. The minimum atomic E-state index is 0.670. The Morgan fingerprint density at radius 2 is 0.981 bits per heavy atom. The van der Waals surface area contributed by atoms with Gasteiger partial charge in [-0.2, -0.15) is 0 Å². The summed E-state index contributed by atoms with van der Waals surface area (Å²) in [4.78, 5) is 11.6. The lowest BCUT2D eigenvalue weighted by molar-refractivity contribution is 1.22. The molecule has 52 heavy (non-hydrogen) atoms. The van der Waals surface area contributed by atoms with Crippen LogP contribution in [0.1, 0.15) is 19.4 Å². The van der Waals surface area contributed by atoms with E-state index in [1.54, 1.807) is 17.8 Å². The molecule has 0 N–H and O–H groups in total. The topological polar surface area (TPSA) is 22.1 Å². The Hall–Kier alpha value is -6.04. The highest BCUT2D eigenvalue weighted by Crippen LogP contribution is 2.42. The zero-order valence-corrected chi connectivity index (χ0v) is 31.0. The predicted molar refractivity (Wildman–Crippen MR) is 229 cm³/mol. The van der Waals surface area contributed by atoms with Crippen molar-refractivity contribution in [1.29, 1.82) is 0 Å². The van der Waals surface area contributed by atoms with Gasteiger partial charge in [0.2, 0.25) is 0 Å². The van der Waals surface area contributed by atoms with E-state index >= 15 is 0 Å². The molecule has 0 atom stereocenters. The van der Waals surface area contributed by atoms with Crippen LogP contribution in [-0.4, -0.2) is 12.2 Å². The molecule has 0 aliphatic carbocycles. The number of nitrogens with zero attached hydrogens (tertiary/aromatic N) is 4. The van der Waals surface area contributed by atoms with Gasteiger partial charge < -0.3 is 9.80 Å². The summed E-state index contributed by atoms with van der Waals surface area (Å²) in [6, 6.07) is 59.3. The molecular formula is C47H46N4S. The van der Waals surface area contributed by atoms with Crippen LogP contribution in [0, 0.1) is 0 Å². The zero-order chi connectivity index (χ0) is 36.4. The molecule has 4 nitrogen and oxygen atoms in total. The van der Waals surface area contributed by atoms with Gasteiger partial charge in [0.1, 0.15) is 0 Å². The van der Waals surface area contributed by atoms with Crippen LogP contribution in [0.5, 0.6) is 0 Å². The lowest BCUT2D eigenvalue weighted by Gasteiger charge is -2.31. The van der Waals surface area contributed by atoms with Gasteiger partial charge in [-0.05, 0) is 90.5 Å². The fourth-order valence-electron chi connectivity index (χ4n) is 5.74. The first-order chi connectivity index (χ1) is 25.8. The first-order valence-corrected chi connectivity index (χ1v) is 18.6. The molecule has 0 fully saturated rings. The molecule has 0 aromatic heterocycles. The molecule has 6 rings (SSSR count). The Labute approximate surface area is 314 Å². The maximum atomic E-state index is 4.81. The Morgan fingerprint density at radius 1 is 0.538 bits per heavy atom. The van der Waals surface area contributed by atoms with Gasteiger partial charge in [-0.15, -0.1) is 0 Å². The van der Waals surface area contributed by atoms with Crippen molar-refractivity contribution >= 4 is 56.7 Å². The van der Waals surface area contributed by atoms with Crippen molar-refractivity contribution in [2.24, 2.45) is 4.99 Å². The van der Waals surface area contributed by atoms with Crippen molar-refractivity contribution in [3.05, 3.63) is 213 Å². The predicted octanol–water partition coefficient (Wildman–Crippen LogP) is 13.6.